The maximum Gasteiger partial charge on any atom is 0.246 e. The minimum atomic E-state index is 0.0372. The van der Waals surface area contributed by atoms with Gasteiger partial charge >= 0.3 is 0 Å². The van der Waals surface area contributed by atoms with Gasteiger partial charge in [0.25, 0.3) is 0 Å². The Hall–Kier alpha value is -3.09. The Labute approximate surface area is 151 Å². The van der Waals surface area contributed by atoms with Gasteiger partial charge in [-0.3, -0.25) is 9.78 Å². The van der Waals surface area contributed by atoms with Crippen molar-refractivity contribution < 1.29 is 4.79 Å². The number of aromatic nitrogens is 5. The highest BCUT2D eigenvalue weighted by Gasteiger charge is 2.24. The molecule has 3 aromatic rings. The van der Waals surface area contributed by atoms with Gasteiger partial charge in [0.1, 0.15) is 6.54 Å². The van der Waals surface area contributed by atoms with Crippen molar-refractivity contribution in [2.45, 2.75) is 25.3 Å². The Morgan fingerprint density at radius 3 is 2.50 bits per heavy atom. The van der Waals surface area contributed by atoms with E-state index in [9.17, 15) is 4.79 Å². The molecule has 0 radical (unpaired) electrons. The Bertz CT molecular complexity index is 856. The topological polar surface area (TPSA) is 76.8 Å². The highest BCUT2D eigenvalue weighted by atomic mass is 16.2. The summed E-state index contributed by atoms with van der Waals surface area (Å²) in [6.07, 6.45) is 5.59. The summed E-state index contributed by atoms with van der Waals surface area (Å²) >= 11 is 0. The maximum absolute atomic E-state index is 12.5. The lowest BCUT2D eigenvalue weighted by Gasteiger charge is -2.32. The molecule has 0 saturated carbocycles. The number of hydrogen-bond donors (Lipinski definition) is 0. The van der Waals surface area contributed by atoms with Crippen LogP contribution in [0.15, 0.2) is 54.9 Å². The number of carbonyl (C=O) groups is 1. The van der Waals surface area contributed by atoms with Crippen molar-refractivity contribution in [2.75, 3.05) is 13.1 Å². The molecule has 0 N–H and O–H groups in total. The smallest absolute Gasteiger partial charge is 0.246 e. The van der Waals surface area contributed by atoms with Crippen LogP contribution in [0.3, 0.4) is 0 Å². The second kappa shape index (κ2) is 7.43. The van der Waals surface area contributed by atoms with Crippen LogP contribution in [0.1, 0.15) is 24.3 Å². The molecule has 0 bridgehead atoms. The predicted octanol–water partition coefficient (Wildman–Crippen LogP) is 2.14. The normalized spacial score (nSPS) is 15.2. The van der Waals surface area contributed by atoms with E-state index in [1.165, 1.54) is 10.4 Å². The first kappa shape index (κ1) is 16.4. The molecule has 132 valence electrons. The molecular formula is C19H20N6O. The van der Waals surface area contributed by atoms with Crippen molar-refractivity contribution in [2.24, 2.45) is 0 Å². The number of hydrogen-bond acceptors (Lipinski definition) is 5. The summed E-state index contributed by atoms with van der Waals surface area (Å²) in [6.45, 7) is 1.64. The average molecular weight is 348 g/mol. The monoisotopic (exact) mass is 348 g/mol. The number of rotatable bonds is 4. The number of amides is 1. The molecule has 1 aliphatic heterocycles. The van der Waals surface area contributed by atoms with E-state index in [1.807, 2.05) is 47.6 Å². The van der Waals surface area contributed by atoms with Crippen molar-refractivity contribution in [3.8, 4) is 11.4 Å². The van der Waals surface area contributed by atoms with E-state index in [4.69, 9.17) is 0 Å². The van der Waals surface area contributed by atoms with Gasteiger partial charge in [-0.05, 0) is 41.7 Å². The van der Waals surface area contributed by atoms with Crippen LogP contribution in [0.5, 0.6) is 0 Å². The quantitative estimate of drug-likeness (QED) is 0.722. The number of benzene rings is 1. The van der Waals surface area contributed by atoms with Crippen LogP contribution in [0.2, 0.25) is 0 Å². The van der Waals surface area contributed by atoms with E-state index < -0.39 is 0 Å². The first-order valence-electron chi connectivity index (χ1n) is 8.80. The molecule has 7 nitrogen and oxygen atoms in total. The number of piperidine rings is 1. The van der Waals surface area contributed by atoms with Gasteiger partial charge in [0.2, 0.25) is 11.7 Å². The lowest BCUT2D eigenvalue weighted by atomic mass is 9.90. The molecule has 1 aliphatic rings. The summed E-state index contributed by atoms with van der Waals surface area (Å²) in [5, 5.41) is 12.4. The highest BCUT2D eigenvalue weighted by molar-refractivity contribution is 5.76. The molecule has 3 heterocycles. The number of nitrogens with zero attached hydrogens (tertiary/aromatic N) is 6. The van der Waals surface area contributed by atoms with Crippen LogP contribution in [0.4, 0.5) is 0 Å². The third-order valence-corrected chi connectivity index (χ3v) is 4.79. The number of likely N-dealkylation sites (tertiary alicyclic amines) is 1. The molecule has 1 saturated heterocycles. The zero-order chi connectivity index (χ0) is 17.8. The fourth-order valence-electron chi connectivity index (χ4n) is 3.33. The molecule has 0 unspecified atom stereocenters. The first-order chi connectivity index (χ1) is 12.8. The molecule has 0 spiro atoms. The van der Waals surface area contributed by atoms with Gasteiger partial charge in [-0.25, -0.2) is 0 Å². The van der Waals surface area contributed by atoms with E-state index in [2.05, 4.69) is 32.5 Å². The number of pyridine rings is 1. The predicted molar refractivity (Wildman–Crippen MR) is 96.0 cm³/mol. The molecule has 1 fully saturated rings. The third kappa shape index (κ3) is 3.61. The van der Waals surface area contributed by atoms with Gasteiger partial charge in [0.05, 0.1) is 0 Å². The molecule has 2 aromatic heterocycles. The Kier molecular flexibility index (Phi) is 4.68. The molecule has 4 rings (SSSR count). The Balaban J connectivity index is 1.34. The zero-order valence-electron chi connectivity index (χ0n) is 14.4. The van der Waals surface area contributed by atoms with E-state index in [-0.39, 0.29) is 12.5 Å². The van der Waals surface area contributed by atoms with Crippen LogP contribution >= 0.6 is 0 Å². The van der Waals surface area contributed by atoms with Crippen molar-refractivity contribution in [3.63, 3.8) is 0 Å². The van der Waals surface area contributed by atoms with E-state index in [0.717, 1.165) is 31.5 Å². The average Bonchev–Trinajstić information content (AvgIpc) is 3.18. The second-order valence-electron chi connectivity index (χ2n) is 6.45. The Morgan fingerprint density at radius 2 is 1.77 bits per heavy atom. The van der Waals surface area contributed by atoms with E-state index in [0.29, 0.717) is 11.7 Å². The van der Waals surface area contributed by atoms with Crippen molar-refractivity contribution in [3.05, 3.63) is 60.4 Å². The standard InChI is InChI=1S/C19H20N6O/c26-18(14-25-22-19(21-23-25)17-4-2-1-3-5-17)24-12-8-16(9-13-24)15-6-10-20-11-7-15/h1-7,10-11,16H,8-9,12-14H2. The number of tetrazole rings is 1. The van der Waals surface area contributed by atoms with E-state index >= 15 is 0 Å². The van der Waals surface area contributed by atoms with Gasteiger partial charge in [-0.15, -0.1) is 10.2 Å². The summed E-state index contributed by atoms with van der Waals surface area (Å²) in [4.78, 5) is 19.9. The maximum atomic E-state index is 12.5. The van der Waals surface area contributed by atoms with Crippen molar-refractivity contribution in [1.29, 1.82) is 0 Å². The van der Waals surface area contributed by atoms with Gasteiger partial charge in [-0.2, -0.15) is 4.80 Å². The SMILES string of the molecule is O=C(Cn1nnc(-c2ccccc2)n1)N1CCC(c2ccncc2)CC1. The largest absolute Gasteiger partial charge is 0.341 e. The van der Waals surface area contributed by atoms with Gasteiger partial charge < -0.3 is 4.90 Å². The van der Waals surface area contributed by atoms with Crippen molar-refractivity contribution in [1.82, 2.24) is 30.1 Å². The summed E-state index contributed by atoms with van der Waals surface area (Å²) in [5.74, 6) is 1.07. The van der Waals surface area contributed by atoms with Crippen LogP contribution in [-0.2, 0) is 11.3 Å². The summed E-state index contributed by atoms with van der Waals surface area (Å²) in [5.41, 5.74) is 2.20. The fraction of sp³-hybridized carbons (Fsp3) is 0.316. The lowest BCUT2D eigenvalue weighted by Crippen LogP contribution is -2.40. The zero-order valence-corrected chi connectivity index (χ0v) is 14.4. The van der Waals surface area contributed by atoms with Crippen LogP contribution in [0, 0.1) is 0 Å². The summed E-state index contributed by atoms with van der Waals surface area (Å²) < 4.78 is 0. The number of carbonyl (C=O) groups excluding carboxylic acids is 1. The van der Waals surface area contributed by atoms with Gasteiger partial charge in [-0.1, -0.05) is 30.3 Å². The van der Waals surface area contributed by atoms with Crippen LogP contribution in [-0.4, -0.2) is 49.1 Å². The summed E-state index contributed by atoms with van der Waals surface area (Å²) in [6, 6.07) is 13.8. The second-order valence-corrected chi connectivity index (χ2v) is 6.45. The minimum absolute atomic E-state index is 0.0372. The molecule has 0 aliphatic carbocycles. The molecule has 1 aromatic carbocycles. The fourth-order valence-corrected chi connectivity index (χ4v) is 3.33. The molecule has 0 atom stereocenters. The molecule has 26 heavy (non-hydrogen) atoms. The van der Waals surface area contributed by atoms with E-state index in [1.54, 1.807) is 0 Å². The van der Waals surface area contributed by atoms with Gasteiger partial charge in [0.15, 0.2) is 0 Å². The molecule has 7 heteroatoms. The highest BCUT2D eigenvalue weighted by Crippen LogP contribution is 2.27. The molecular weight excluding hydrogens is 328 g/mol. The summed E-state index contributed by atoms with van der Waals surface area (Å²) in [7, 11) is 0. The minimum Gasteiger partial charge on any atom is -0.341 e. The van der Waals surface area contributed by atoms with Crippen LogP contribution in [0.25, 0.3) is 11.4 Å². The molecule has 1 amide bonds. The lowest BCUT2D eigenvalue weighted by molar-refractivity contribution is -0.133. The van der Waals surface area contributed by atoms with Crippen LogP contribution < -0.4 is 0 Å². The van der Waals surface area contributed by atoms with Gasteiger partial charge in [0, 0.05) is 31.0 Å². The van der Waals surface area contributed by atoms with Crippen molar-refractivity contribution >= 4 is 5.91 Å². The first-order valence-corrected chi connectivity index (χ1v) is 8.80. The Morgan fingerprint density at radius 1 is 1.04 bits per heavy atom. The third-order valence-electron chi connectivity index (χ3n) is 4.79.